The number of aromatic amines is 1. The number of thioether (sulfide) groups is 1. The lowest BCUT2D eigenvalue weighted by molar-refractivity contribution is 0.394. The van der Waals surface area contributed by atoms with Gasteiger partial charge in [-0.1, -0.05) is 24.0 Å². The van der Waals surface area contributed by atoms with Gasteiger partial charge in [0.05, 0.1) is 7.11 Å². The molecule has 1 rings (SSSR count). The number of methoxy groups -OCH3 is 1. The highest BCUT2D eigenvalue weighted by Crippen LogP contribution is 2.21. The number of rotatable bonds is 2. The molecule has 1 heterocycles. The number of H-pyrrole nitrogens is 1. The van der Waals surface area contributed by atoms with Crippen molar-refractivity contribution in [1.29, 1.82) is 0 Å². The molecule has 0 saturated heterocycles. The van der Waals surface area contributed by atoms with Crippen LogP contribution in [0.1, 0.15) is 0 Å². The minimum atomic E-state index is 0.370. The van der Waals surface area contributed by atoms with Crippen molar-refractivity contribution >= 4 is 29.7 Å². The topological polar surface area (TPSA) is 63.9 Å². The lowest BCUT2D eigenvalue weighted by Gasteiger charge is -2.05. The molecule has 0 unspecified atom stereocenters. The van der Waals surface area contributed by atoms with Crippen LogP contribution in [0, 0.1) is 4.64 Å². The Balaban J connectivity index is 3.29. The van der Waals surface area contributed by atoms with Crippen LogP contribution < -0.4 is 10.5 Å². The van der Waals surface area contributed by atoms with Gasteiger partial charge < -0.3 is 15.5 Å². The number of ether oxygens (including phenoxy) is 1. The van der Waals surface area contributed by atoms with E-state index in [-0.39, 0.29) is 0 Å². The number of anilines is 1. The average Bonchev–Trinajstić information content (AvgIpc) is 2.09. The number of hydrogen-bond acceptors (Lipinski definition) is 5. The SMILES string of the molecule is COc1[nH]c(SC)nc(=S)c1N. The molecule has 0 fully saturated rings. The maximum absolute atomic E-state index is 5.58. The lowest BCUT2D eigenvalue weighted by Crippen LogP contribution is -1.99. The molecule has 0 saturated carbocycles. The smallest absolute Gasteiger partial charge is 0.219 e. The lowest BCUT2D eigenvalue weighted by atomic mass is 10.5. The highest BCUT2D eigenvalue weighted by molar-refractivity contribution is 7.98. The van der Waals surface area contributed by atoms with E-state index in [9.17, 15) is 0 Å². The first-order valence-electron chi connectivity index (χ1n) is 3.16. The van der Waals surface area contributed by atoms with Gasteiger partial charge >= 0.3 is 0 Å². The first kappa shape index (κ1) is 9.34. The van der Waals surface area contributed by atoms with Crippen LogP contribution in [0.3, 0.4) is 0 Å². The Morgan fingerprint density at radius 2 is 2.33 bits per heavy atom. The Morgan fingerprint density at radius 3 is 2.83 bits per heavy atom. The predicted octanol–water partition coefficient (Wildman–Crippen LogP) is 1.45. The van der Waals surface area contributed by atoms with Gasteiger partial charge in [-0.15, -0.1) is 0 Å². The largest absolute Gasteiger partial charge is 0.481 e. The van der Waals surface area contributed by atoms with E-state index in [1.807, 2.05) is 6.26 Å². The summed E-state index contributed by atoms with van der Waals surface area (Å²) in [5.41, 5.74) is 5.96. The fraction of sp³-hybridized carbons (Fsp3) is 0.333. The number of aromatic nitrogens is 2. The molecule has 0 aliphatic heterocycles. The summed E-state index contributed by atoms with van der Waals surface area (Å²) in [6.07, 6.45) is 1.89. The van der Waals surface area contributed by atoms with Gasteiger partial charge in [-0.25, -0.2) is 4.98 Å². The molecule has 12 heavy (non-hydrogen) atoms. The second-order valence-corrected chi connectivity index (χ2v) is 3.18. The molecule has 0 atom stereocenters. The van der Waals surface area contributed by atoms with Crippen molar-refractivity contribution < 1.29 is 4.74 Å². The molecular weight excluding hydrogens is 194 g/mol. The van der Waals surface area contributed by atoms with Crippen LogP contribution in [0.15, 0.2) is 5.16 Å². The maximum atomic E-state index is 5.58. The van der Waals surface area contributed by atoms with Gasteiger partial charge in [-0.2, -0.15) is 0 Å². The van der Waals surface area contributed by atoms with E-state index in [2.05, 4.69) is 9.97 Å². The minimum absolute atomic E-state index is 0.370. The number of nitrogen functional groups attached to an aromatic ring is 1. The van der Waals surface area contributed by atoms with Crippen LogP contribution in [0.5, 0.6) is 5.88 Å². The van der Waals surface area contributed by atoms with Crippen molar-refractivity contribution in [1.82, 2.24) is 9.97 Å². The molecule has 0 bridgehead atoms. The molecule has 4 nitrogen and oxygen atoms in total. The molecule has 1 aromatic heterocycles. The van der Waals surface area contributed by atoms with Crippen molar-refractivity contribution in [2.24, 2.45) is 0 Å². The second-order valence-electron chi connectivity index (χ2n) is 2.00. The molecule has 6 heteroatoms. The van der Waals surface area contributed by atoms with Gasteiger partial charge in [0.2, 0.25) is 5.88 Å². The molecule has 0 radical (unpaired) electrons. The standard InChI is InChI=1S/C6H9N3OS2/c1-10-4-3(7)5(11)9-6(8-4)12-2/h7H2,1-2H3,(H,8,9,11). The van der Waals surface area contributed by atoms with Crippen LogP contribution in [-0.2, 0) is 0 Å². The molecule has 0 spiro atoms. The summed E-state index contributed by atoms with van der Waals surface area (Å²) < 4.78 is 5.34. The van der Waals surface area contributed by atoms with Crippen LogP contribution in [0.4, 0.5) is 5.69 Å². The third kappa shape index (κ3) is 1.70. The van der Waals surface area contributed by atoms with E-state index in [0.717, 1.165) is 0 Å². The summed E-state index contributed by atoms with van der Waals surface area (Å²) in [6, 6.07) is 0. The number of nitrogens with two attached hydrogens (primary N) is 1. The third-order valence-electron chi connectivity index (χ3n) is 1.30. The normalized spacial score (nSPS) is 9.83. The van der Waals surface area contributed by atoms with Gasteiger partial charge in [-0.3, -0.25) is 0 Å². The van der Waals surface area contributed by atoms with E-state index in [1.165, 1.54) is 18.9 Å². The first-order chi connectivity index (χ1) is 5.69. The minimum Gasteiger partial charge on any atom is -0.481 e. The Morgan fingerprint density at radius 1 is 1.67 bits per heavy atom. The first-order valence-corrected chi connectivity index (χ1v) is 4.80. The van der Waals surface area contributed by atoms with Gasteiger partial charge in [0.1, 0.15) is 5.69 Å². The average molecular weight is 203 g/mol. The number of hydrogen-bond donors (Lipinski definition) is 2. The van der Waals surface area contributed by atoms with Crippen molar-refractivity contribution in [3.8, 4) is 5.88 Å². The summed E-state index contributed by atoms with van der Waals surface area (Å²) >= 11 is 6.36. The molecule has 0 amide bonds. The molecule has 1 aromatic rings. The zero-order chi connectivity index (χ0) is 9.14. The van der Waals surface area contributed by atoms with Crippen molar-refractivity contribution in [2.45, 2.75) is 5.16 Å². The quantitative estimate of drug-likeness (QED) is 0.433. The molecular formula is C6H9N3OS2. The summed E-state index contributed by atoms with van der Waals surface area (Å²) in [4.78, 5) is 6.91. The highest BCUT2D eigenvalue weighted by atomic mass is 32.2. The van der Waals surface area contributed by atoms with Gasteiger partial charge in [0.25, 0.3) is 0 Å². The van der Waals surface area contributed by atoms with Gasteiger partial charge in [-0.05, 0) is 6.26 Å². The molecule has 0 aromatic carbocycles. The van der Waals surface area contributed by atoms with E-state index < -0.39 is 0 Å². The van der Waals surface area contributed by atoms with Crippen LogP contribution in [0.25, 0.3) is 0 Å². The van der Waals surface area contributed by atoms with E-state index in [1.54, 1.807) is 0 Å². The summed E-state index contributed by atoms with van der Waals surface area (Å²) in [5, 5.41) is 0.700. The van der Waals surface area contributed by atoms with Gasteiger partial charge in [0.15, 0.2) is 9.80 Å². The second kappa shape index (κ2) is 3.77. The maximum Gasteiger partial charge on any atom is 0.219 e. The van der Waals surface area contributed by atoms with Crippen molar-refractivity contribution in [2.75, 3.05) is 19.1 Å². The van der Waals surface area contributed by atoms with Gasteiger partial charge in [0, 0.05) is 0 Å². The third-order valence-corrected chi connectivity index (χ3v) is 2.19. The Bertz CT molecular complexity index is 336. The van der Waals surface area contributed by atoms with Crippen LogP contribution in [0.2, 0.25) is 0 Å². The Kier molecular flexibility index (Phi) is 2.93. The predicted molar refractivity (Wildman–Crippen MR) is 52.2 cm³/mol. The summed E-state index contributed by atoms with van der Waals surface area (Å²) in [6.45, 7) is 0. The molecule has 0 aliphatic rings. The summed E-state index contributed by atoms with van der Waals surface area (Å²) in [7, 11) is 1.53. The zero-order valence-corrected chi connectivity index (χ0v) is 8.38. The van der Waals surface area contributed by atoms with E-state index in [4.69, 9.17) is 22.7 Å². The molecule has 0 aliphatic carbocycles. The zero-order valence-electron chi connectivity index (χ0n) is 6.75. The van der Waals surface area contributed by atoms with Crippen molar-refractivity contribution in [3.05, 3.63) is 4.64 Å². The fourth-order valence-electron chi connectivity index (χ4n) is 0.700. The molecule has 3 N–H and O–H groups in total. The van der Waals surface area contributed by atoms with E-state index >= 15 is 0 Å². The Hall–Kier alpha value is -0.750. The van der Waals surface area contributed by atoms with Crippen molar-refractivity contribution in [3.63, 3.8) is 0 Å². The van der Waals surface area contributed by atoms with E-state index in [0.29, 0.717) is 21.4 Å². The van der Waals surface area contributed by atoms with Crippen LogP contribution >= 0.6 is 24.0 Å². The fourth-order valence-corrected chi connectivity index (χ4v) is 1.32. The monoisotopic (exact) mass is 203 g/mol. The number of nitrogens with one attached hydrogen (secondary N) is 1. The highest BCUT2D eigenvalue weighted by Gasteiger charge is 2.03. The molecule has 66 valence electrons. The summed E-state index contributed by atoms with van der Waals surface area (Å²) in [5.74, 6) is 0.472. The number of nitrogens with zero attached hydrogens (tertiary/aromatic N) is 1. The Labute approximate surface area is 79.5 Å². The van der Waals surface area contributed by atoms with Crippen LogP contribution in [-0.4, -0.2) is 23.3 Å².